The number of hydrogen-bond acceptors (Lipinski definition) is 3. The summed E-state index contributed by atoms with van der Waals surface area (Å²) < 4.78 is 4.73. The van der Waals surface area contributed by atoms with Crippen LogP contribution in [0.2, 0.25) is 0 Å². The average molecular weight is 159 g/mol. The van der Waals surface area contributed by atoms with E-state index in [4.69, 9.17) is 4.74 Å². The SMILES string of the molecule is COCC#CCNCCS. The number of methoxy groups -OCH3 is 1. The molecule has 0 saturated heterocycles. The van der Waals surface area contributed by atoms with E-state index >= 15 is 0 Å². The van der Waals surface area contributed by atoms with Crippen molar-refractivity contribution in [1.82, 2.24) is 5.32 Å². The minimum absolute atomic E-state index is 0.516. The Morgan fingerprint density at radius 1 is 1.50 bits per heavy atom. The van der Waals surface area contributed by atoms with E-state index in [1.165, 1.54) is 0 Å². The third-order valence-corrected chi connectivity index (χ3v) is 1.07. The number of nitrogens with one attached hydrogen (secondary N) is 1. The normalized spacial score (nSPS) is 8.60. The van der Waals surface area contributed by atoms with Crippen LogP contribution in [-0.4, -0.2) is 32.6 Å². The molecule has 1 N–H and O–H groups in total. The van der Waals surface area contributed by atoms with Gasteiger partial charge in [-0.3, -0.25) is 0 Å². The number of rotatable bonds is 4. The molecule has 0 saturated carbocycles. The third kappa shape index (κ3) is 7.83. The van der Waals surface area contributed by atoms with Crippen molar-refractivity contribution in [3.63, 3.8) is 0 Å². The van der Waals surface area contributed by atoms with Crippen molar-refractivity contribution < 1.29 is 4.74 Å². The van der Waals surface area contributed by atoms with Gasteiger partial charge in [0.25, 0.3) is 0 Å². The van der Waals surface area contributed by atoms with Gasteiger partial charge in [0.1, 0.15) is 6.61 Å². The highest BCUT2D eigenvalue weighted by Gasteiger charge is 1.76. The van der Waals surface area contributed by atoms with Crippen LogP contribution in [0.3, 0.4) is 0 Å². The van der Waals surface area contributed by atoms with Gasteiger partial charge in [-0.1, -0.05) is 11.8 Å². The van der Waals surface area contributed by atoms with E-state index in [1.807, 2.05) is 0 Å². The molecule has 0 aromatic rings. The second-order valence-corrected chi connectivity index (χ2v) is 2.13. The summed E-state index contributed by atoms with van der Waals surface area (Å²) in [7, 11) is 1.63. The largest absolute Gasteiger partial charge is 0.372 e. The van der Waals surface area contributed by atoms with E-state index in [9.17, 15) is 0 Å². The van der Waals surface area contributed by atoms with Crippen molar-refractivity contribution in [2.24, 2.45) is 0 Å². The van der Waals surface area contributed by atoms with Crippen LogP contribution < -0.4 is 5.32 Å². The molecule has 0 aliphatic rings. The molecule has 0 aliphatic heterocycles. The molecule has 0 spiro atoms. The lowest BCUT2D eigenvalue weighted by Gasteiger charge is -1.92. The molecule has 0 aromatic heterocycles. The predicted octanol–water partition coefficient (Wildman–Crippen LogP) is 0.156. The number of thiol groups is 1. The first-order valence-electron chi connectivity index (χ1n) is 3.18. The van der Waals surface area contributed by atoms with Crippen molar-refractivity contribution in [1.29, 1.82) is 0 Å². The summed E-state index contributed by atoms with van der Waals surface area (Å²) in [5.41, 5.74) is 0. The van der Waals surface area contributed by atoms with Gasteiger partial charge in [-0.05, 0) is 0 Å². The standard InChI is InChI=1S/C7H13NOS/c1-9-6-3-2-4-8-5-7-10/h8,10H,4-7H2,1H3. The molecule has 10 heavy (non-hydrogen) atoms. The van der Waals surface area contributed by atoms with Gasteiger partial charge >= 0.3 is 0 Å². The minimum atomic E-state index is 0.516. The van der Waals surface area contributed by atoms with Gasteiger partial charge in [-0.15, -0.1) is 0 Å². The van der Waals surface area contributed by atoms with Crippen LogP contribution in [-0.2, 0) is 4.74 Å². The molecule has 3 heteroatoms. The Hall–Kier alpha value is -0.170. The molecule has 0 fully saturated rings. The summed E-state index contributed by atoms with van der Waals surface area (Å²) in [5, 5.41) is 3.09. The van der Waals surface area contributed by atoms with E-state index < -0.39 is 0 Å². The molecule has 0 aliphatic carbocycles. The second-order valence-electron chi connectivity index (χ2n) is 1.69. The van der Waals surface area contributed by atoms with Crippen LogP contribution in [0.25, 0.3) is 0 Å². The maximum absolute atomic E-state index is 4.73. The van der Waals surface area contributed by atoms with E-state index in [0.717, 1.165) is 18.8 Å². The molecule has 0 heterocycles. The zero-order chi connectivity index (χ0) is 7.66. The smallest absolute Gasteiger partial charge is 0.107 e. The van der Waals surface area contributed by atoms with Crippen molar-refractivity contribution in [3.8, 4) is 11.8 Å². The van der Waals surface area contributed by atoms with Crippen molar-refractivity contribution in [2.75, 3.05) is 32.6 Å². The maximum atomic E-state index is 4.73. The van der Waals surface area contributed by atoms with Crippen LogP contribution >= 0.6 is 12.6 Å². The molecule has 58 valence electrons. The first-order valence-corrected chi connectivity index (χ1v) is 3.81. The topological polar surface area (TPSA) is 21.3 Å². The monoisotopic (exact) mass is 159 g/mol. The molecule has 0 rings (SSSR count). The van der Waals surface area contributed by atoms with Crippen LogP contribution in [0.1, 0.15) is 0 Å². The zero-order valence-electron chi connectivity index (χ0n) is 6.18. The summed E-state index contributed by atoms with van der Waals surface area (Å²) in [6.07, 6.45) is 0. The third-order valence-electron chi connectivity index (χ3n) is 0.843. The zero-order valence-corrected chi connectivity index (χ0v) is 7.08. The van der Waals surface area contributed by atoms with Crippen molar-refractivity contribution in [2.45, 2.75) is 0 Å². The molecular formula is C7H13NOS. The fourth-order valence-electron chi connectivity index (χ4n) is 0.416. The molecular weight excluding hydrogens is 146 g/mol. The van der Waals surface area contributed by atoms with E-state index in [0.29, 0.717) is 6.61 Å². The predicted molar refractivity (Wildman–Crippen MR) is 46.4 cm³/mol. The Morgan fingerprint density at radius 3 is 2.90 bits per heavy atom. The second kappa shape index (κ2) is 8.83. The van der Waals surface area contributed by atoms with E-state index in [2.05, 4.69) is 29.8 Å². The molecule has 0 bridgehead atoms. The molecule has 2 nitrogen and oxygen atoms in total. The van der Waals surface area contributed by atoms with Gasteiger partial charge in [0.2, 0.25) is 0 Å². The van der Waals surface area contributed by atoms with Crippen LogP contribution in [0.4, 0.5) is 0 Å². The van der Waals surface area contributed by atoms with Crippen molar-refractivity contribution in [3.05, 3.63) is 0 Å². The summed E-state index contributed by atoms with van der Waals surface area (Å²) in [4.78, 5) is 0. The Bertz CT molecular complexity index is 117. The van der Waals surface area contributed by atoms with Crippen molar-refractivity contribution >= 4 is 12.6 Å². The molecule has 0 unspecified atom stereocenters. The average Bonchev–Trinajstić information content (AvgIpc) is 1.97. The van der Waals surface area contributed by atoms with Gasteiger partial charge in [0.05, 0.1) is 6.54 Å². The van der Waals surface area contributed by atoms with Crippen LogP contribution in [0.15, 0.2) is 0 Å². The summed E-state index contributed by atoms with van der Waals surface area (Å²) >= 11 is 4.03. The maximum Gasteiger partial charge on any atom is 0.107 e. The highest BCUT2D eigenvalue weighted by atomic mass is 32.1. The first-order chi connectivity index (χ1) is 4.91. The Labute approximate surface area is 67.7 Å². The van der Waals surface area contributed by atoms with Gasteiger partial charge in [0, 0.05) is 19.4 Å². The quantitative estimate of drug-likeness (QED) is 0.346. The highest BCUT2D eigenvalue weighted by Crippen LogP contribution is 1.67. The fourth-order valence-corrected chi connectivity index (χ4v) is 0.574. The lowest BCUT2D eigenvalue weighted by molar-refractivity contribution is 0.239. The minimum Gasteiger partial charge on any atom is -0.372 e. The lowest BCUT2D eigenvalue weighted by atomic mass is 10.5. The van der Waals surface area contributed by atoms with Crippen LogP contribution in [0, 0.1) is 11.8 Å². The summed E-state index contributed by atoms with van der Waals surface area (Å²) in [6.45, 7) is 2.15. The Balaban J connectivity index is 2.96. The lowest BCUT2D eigenvalue weighted by Crippen LogP contribution is -2.16. The Morgan fingerprint density at radius 2 is 2.30 bits per heavy atom. The van der Waals surface area contributed by atoms with Gasteiger partial charge in [0.15, 0.2) is 0 Å². The molecule has 0 radical (unpaired) electrons. The van der Waals surface area contributed by atoms with Gasteiger partial charge < -0.3 is 10.1 Å². The fraction of sp³-hybridized carbons (Fsp3) is 0.714. The highest BCUT2D eigenvalue weighted by molar-refractivity contribution is 7.80. The molecule has 0 aromatic carbocycles. The first kappa shape index (κ1) is 9.83. The number of ether oxygens (including phenoxy) is 1. The number of hydrogen-bond donors (Lipinski definition) is 2. The van der Waals surface area contributed by atoms with Gasteiger partial charge in [-0.2, -0.15) is 12.6 Å². The van der Waals surface area contributed by atoms with Crippen LogP contribution in [0.5, 0.6) is 0 Å². The summed E-state index contributed by atoms with van der Waals surface area (Å²) in [5.74, 6) is 6.59. The summed E-state index contributed by atoms with van der Waals surface area (Å²) in [6, 6.07) is 0. The Kier molecular flexibility index (Phi) is 8.68. The molecule has 0 amide bonds. The van der Waals surface area contributed by atoms with Gasteiger partial charge in [-0.25, -0.2) is 0 Å². The van der Waals surface area contributed by atoms with E-state index in [-0.39, 0.29) is 0 Å². The van der Waals surface area contributed by atoms with E-state index in [1.54, 1.807) is 7.11 Å². The molecule has 0 atom stereocenters.